The van der Waals surface area contributed by atoms with Crippen LogP contribution in [0.15, 0.2) is 39.8 Å². The van der Waals surface area contributed by atoms with Crippen LogP contribution in [0, 0.1) is 4.84 Å². The van der Waals surface area contributed by atoms with Crippen LogP contribution in [0.25, 0.3) is 5.69 Å². The van der Waals surface area contributed by atoms with Crippen molar-refractivity contribution in [3.8, 4) is 5.69 Å². The summed E-state index contributed by atoms with van der Waals surface area (Å²) in [5.41, 5.74) is 0.858. The van der Waals surface area contributed by atoms with E-state index >= 15 is 0 Å². The topological polar surface area (TPSA) is 44.4 Å². The van der Waals surface area contributed by atoms with Crippen LogP contribution in [0.3, 0.4) is 0 Å². The summed E-state index contributed by atoms with van der Waals surface area (Å²) in [6.45, 7) is 2.05. The maximum absolute atomic E-state index is 11.8. The molecule has 0 radical (unpaired) electrons. The number of para-hydroxylation sites is 1. The van der Waals surface area contributed by atoms with Crippen LogP contribution < -0.4 is 0 Å². The number of oxazole rings is 1. The van der Waals surface area contributed by atoms with Crippen LogP contribution in [-0.4, -0.2) is 23.4 Å². The van der Waals surface area contributed by atoms with Gasteiger partial charge in [-0.1, -0.05) is 18.2 Å². The molecule has 4 nitrogen and oxygen atoms in total. The van der Waals surface area contributed by atoms with Crippen LogP contribution in [0.5, 0.6) is 0 Å². The fourth-order valence-electron chi connectivity index (χ4n) is 1.67. The van der Waals surface area contributed by atoms with E-state index in [1.165, 1.54) is 11.8 Å². The van der Waals surface area contributed by atoms with E-state index in [4.69, 9.17) is 21.4 Å². The lowest BCUT2D eigenvalue weighted by atomic mass is 10.3. The van der Waals surface area contributed by atoms with Gasteiger partial charge < -0.3 is 9.15 Å². The second-order valence-electron chi connectivity index (χ2n) is 3.60. The van der Waals surface area contributed by atoms with Gasteiger partial charge in [-0.2, -0.15) is 0 Å². The highest BCUT2D eigenvalue weighted by Crippen LogP contribution is 2.27. The molecule has 0 N–H and O–H groups in total. The van der Waals surface area contributed by atoms with Gasteiger partial charge in [0.05, 0.1) is 12.3 Å². The van der Waals surface area contributed by atoms with E-state index in [0.717, 1.165) is 5.69 Å². The van der Waals surface area contributed by atoms with Gasteiger partial charge in [0.1, 0.15) is 5.03 Å². The fourth-order valence-corrected chi connectivity index (χ4v) is 2.69. The van der Waals surface area contributed by atoms with Crippen LogP contribution in [-0.2, 0) is 4.74 Å². The smallest absolute Gasteiger partial charge is 0.377 e. The standard InChI is InChI=1S/C13H13NO3S2/c1-3-16-12(15)10-11(19-2)14(13(18)17-10)9-7-5-4-6-8-9/h4-8H,3H2,1-2H3. The maximum atomic E-state index is 11.8. The molecular formula is C13H13NO3S2. The van der Waals surface area contributed by atoms with E-state index in [1.54, 1.807) is 11.5 Å². The zero-order chi connectivity index (χ0) is 13.8. The number of hydrogen-bond acceptors (Lipinski definition) is 5. The van der Waals surface area contributed by atoms with Gasteiger partial charge >= 0.3 is 5.97 Å². The molecule has 1 aromatic carbocycles. The average molecular weight is 295 g/mol. The van der Waals surface area contributed by atoms with Crippen LogP contribution >= 0.6 is 24.0 Å². The predicted octanol–water partition coefficient (Wildman–Crippen LogP) is 3.70. The van der Waals surface area contributed by atoms with Gasteiger partial charge in [0, 0.05) is 0 Å². The van der Waals surface area contributed by atoms with Gasteiger partial charge in [-0.05, 0) is 37.5 Å². The third kappa shape index (κ3) is 2.74. The molecule has 1 heterocycles. The third-order valence-electron chi connectivity index (χ3n) is 2.44. The van der Waals surface area contributed by atoms with E-state index in [-0.39, 0.29) is 10.6 Å². The lowest BCUT2D eigenvalue weighted by molar-refractivity contribution is 0.0483. The molecule has 0 atom stereocenters. The van der Waals surface area contributed by atoms with Gasteiger partial charge in [-0.25, -0.2) is 4.79 Å². The first kappa shape index (κ1) is 13.9. The number of nitrogens with zero attached hydrogens (tertiary/aromatic N) is 1. The van der Waals surface area contributed by atoms with Crippen molar-refractivity contribution in [3.63, 3.8) is 0 Å². The van der Waals surface area contributed by atoms with Crippen molar-refractivity contribution in [2.75, 3.05) is 12.9 Å². The minimum atomic E-state index is -0.493. The SMILES string of the molecule is CCOC(=O)c1oc(=S)n(-c2ccccc2)c1SC. The number of benzene rings is 1. The molecule has 19 heavy (non-hydrogen) atoms. The third-order valence-corrected chi connectivity index (χ3v) is 3.46. The average Bonchev–Trinajstić information content (AvgIpc) is 2.77. The first-order chi connectivity index (χ1) is 9.19. The van der Waals surface area contributed by atoms with Crippen LogP contribution in [0.1, 0.15) is 17.5 Å². The largest absolute Gasteiger partial charge is 0.460 e. The number of hydrogen-bond donors (Lipinski definition) is 0. The van der Waals surface area contributed by atoms with E-state index in [0.29, 0.717) is 11.6 Å². The summed E-state index contributed by atoms with van der Waals surface area (Å²) in [5.74, 6) is -0.337. The molecule has 0 saturated heterocycles. The summed E-state index contributed by atoms with van der Waals surface area (Å²) in [6.07, 6.45) is 1.86. The zero-order valence-electron chi connectivity index (χ0n) is 10.6. The number of thioether (sulfide) groups is 1. The molecule has 0 aliphatic carbocycles. The van der Waals surface area contributed by atoms with Gasteiger partial charge in [-0.3, -0.25) is 4.57 Å². The summed E-state index contributed by atoms with van der Waals surface area (Å²) in [7, 11) is 0. The van der Waals surface area contributed by atoms with Crippen molar-refractivity contribution in [1.82, 2.24) is 4.57 Å². The van der Waals surface area contributed by atoms with Crippen molar-refractivity contribution in [1.29, 1.82) is 0 Å². The Hall–Kier alpha value is -1.53. The quantitative estimate of drug-likeness (QED) is 0.489. The molecular weight excluding hydrogens is 282 g/mol. The lowest BCUT2D eigenvalue weighted by Crippen LogP contribution is -2.06. The molecule has 1 aromatic heterocycles. The zero-order valence-corrected chi connectivity index (χ0v) is 12.2. The van der Waals surface area contributed by atoms with Crippen molar-refractivity contribution in [2.45, 2.75) is 11.9 Å². The number of ether oxygens (including phenoxy) is 1. The van der Waals surface area contributed by atoms with Crippen LogP contribution in [0.4, 0.5) is 0 Å². The molecule has 0 bridgehead atoms. The van der Waals surface area contributed by atoms with Crippen molar-refractivity contribution in [3.05, 3.63) is 40.9 Å². The van der Waals surface area contributed by atoms with Gasteiger partial charge in [0.25, 0.3) is 4.84 Å². The summed E-state index contributed by atoms with van der Waals surface area (Å²) < 4.78 is 12.1. The Labute approximate surface area is 120 Å². The molecule has 2 aromatic rings. The van der Waals surface area contributed by atoms with E-state index in [2.05, 4.69) is 0 Å². The molecule has 0 unspecified atom stereocenters. The van der Waals surface area contributed by atoms with Crippen molar-refractivity contribution in [2.24, 2.45) is 0 Å². The normalized spacial score (nSPS) is 10.4. The monoisotopic (exact) mass is 295 g/mol. The van der Waals surface area contributed by atoms with Crippen LogP contribution in [0.2, 0.25) is 0 Å². The number of carbonyl (C=O) groups is 1. The summed E-state index contributed by atoms with van der Waals surface area (Å²) in [4.78, 5) is 12.1. The summed E-state index contributed by atoms with van der Waals surface area (Å²) in [6, 6.07) is 9.52. The number of rotatable bonds is 4. The van der Waals surface area contributed by atoms with Gasteiger partial charge in [0.15, 0.2) is 0 Å². The Balaban J connectivity index is 2.57. The molecule has 2 rings (SSSR count). The molecule has 0 spiro atoms. The van der Waals surface area contributed by atoms with E-state index < -0.39 is 5.97 Å². The Kier molecular flexibility index (Phi) is 4.44. The summed E-state index contributed by atoms with van der Waals surface area (Å²) >= 11 is 6.58. The maximum Gasteiger partial charge on any atom is 0.377 e. The molecule has 6 heteroatoms. The highest BCUT2D eigenvalue weighted by atomic mass is 32.2. The van der Waals surface area contributed by atoms with Crippen molar-refractivity contribution < 1.29 is 13.9 Å². The molecule has 0 fully saturated rings. The number of carbonyl (C=O) groups excluding carboxylic acids is 1. The molecule has 0 aliphatic rings. The van der Waals surface area contributed by atoms with Gasteiger partial charge in [0.2, 0.25) is 5.76 Å². The Morgan fingerprint density at radius 2 is 2.11 bits per heavy atom. The molecule has 0 amide bonds. The van der Waals surface area contributed by atoms with E-state index in [9.17, 15) is 4.79 Å². The molecule has 0 saturated carbocycles. The Bertz CT molecular complexity index is 631. The highest BCUT2D eigenvalue weighted by molar-refractivity contribution is 7.98. The number of esters is 1. The summed E-state index contributed by atoms with van der Waals surface area (Å²) in [5, 5.41) is 0.648. The first-order valence-corrected chi connectivity index (χ1v) is 7.34. The molecule has 100 valence electrons. The Morgan fingerprint density at radius 3 is 2.68 bits per heavy atom. The van der Waals surface area contributed by atoms with Gasteiger partial charge in [-0.15, -0.1) is 11.8 Å². The lowest BCUT2D eigenvalue weighted by Gasteiger charge is -2.05. The predicted molar refractivity (Wildman–Crippen MR) is 76.6 cm³/mol. The Morgan fingerprint density at radius 1 is 1.42 bits per heavy atom. The second-order valence-corrected chi connectivity index (χ2v) is 4.74. The molecule has 0 aliphatic heterocycles. The first-order valence-electron chi connectivity index (χ1n) is 5.71. The van der Waals surface area contributed by atoms with Crippen molar-refractivity contribution >= 4 is 29.9 Å². The minimum absolute atomic E-state index is 0.156. The number of aromatic nitrogens is 1. The fraction of sp³-hybridized carbons (Fsp3) is 0.231. The van der Waals surface area contributed by atoms with E-state index in [1.807, 2.05) is 36.6 Å². The minimum Gasteiger partial charge on any atom is -0.460 e. The highest BCUT2D eigenvalue weighted by Gasteiger charge is 2.22. The second kappa shape index (κ2) is 6.08.